The lowest BCUT2D eigenvalue weighted by Crippen LogP contribution is -2.51. The van der Waals surface area contributed by atoms with Crippen molar-refractivity contribution in [1.29, 1.82) is 0 Å². The predicted molar refractivity (Wildman–Crippen MR) is 117 cm³/mol. The first-order valence-electron chi connectivity index (χ1n) is 10.8. The van der Waals surface area contributed by atoms with Crippen LogP contribution in [0.5, 0.6) is 0 Å². The Bertz CT molecular complexity index is 987. The highest BCUT2D eigenvalue weighted by Gasteiger charge is 2.35. The van der Waals surface area contributed by atoms with Crippen molar-refractivity contribution in [2.75, 3.05) is 47.8 Å². The molecule has 3 aliphatic rings. The van der Waals surface area contributed by atoms with Gasteiger partial charge < -0.3 is 20.2 Å². The van der Waals surface area contributed by atoms with Gasteiger partial charge in [0.2, 0.25) is 5.91 Å². The number of hydrogen-bond donors (Lipinski definition) is 2. The molecule has 0 saturated carbocycles. The summed E-state index contributed by atoms with van der Waals surface area (Å²) in [7, 11) is 0. The summed E-state index contributed by atoms with van der Waals surface area (Å²) >= 11 is 0. The van der Waals surface area contributed by atoms with E-state index in [2.05, 4.69) is 31.1 Å². The molecule has 1 amide bonds. The Balaban J connectivity index is 1.21. The number of nitrogens with zero attached hydrogens (tertiary/aromatic N) is 5. The van der Waals surface area contributed by atoms with Gasteiger partial charge in [-0.15, -0.1) is 0 Å². The minimum Gasteiger partial charge on any atom is -0.478 e. The number of hydrogen-bond acceptors (Lipinski definition) is 7. The van der Waals surface area contributed by atoms with Crippen molar-refractivity contribution in [3.05, 3.63) is 41.7 Å². The van der Waals surface area contributed by atoms with E-state index in [9.17, 15) is 9.59 Å². The Morgan fingerprint density at radius 3 is 2.68 bits per heavy atom. The maximum absolute atomic E-state index is 12.5. The van der Waals surface area contributed by atoms with E-state index in [0.717, 1.165) is 81.4 Å². The summed E-state index contributed by atoms with van der Waals surface area (Å²) in [6.45, 7) is 5.06. The van der Waals surface area contributed by atoms with E-state index in [1.807, 2.05) is 6.20 Å². The number of nitrogens with one attached hydrogen (secondary N) is 1. The van der Waals surface area contributed by atoms with E-state index in [1.165, 1.54) is 6.20 Å². The first-order chi connectivity index (χ1) is 15.1. The van der Waals surface area contributed by atoms with Gasteiger partial charge in [-0.05, 0) is 43.0 Å². The number of carboxylic acid groups (broad SMARTS) is 1. The molecule has 0 aliphatic carbocycles. The van der Waals surface area contributed by atoms with Gasteiger partial charge in [-0.2, -0.15) is 0 Å². The van der Waals surface area contributed by atoms with Gasteiger partial charge in [0.25, 0.3) is 0 Å². The van der Waals surface area contributed by atoms with Gasteiger partial charge in [-0.1, -0.05) is 0 Å². The van der Waals surface area contributed by atoms with Crippen molar-refractivity contribution in [2.45, 2.75) is 31.8 Å². The van der Waals surface area contributed by atoms with Crippen molar-refractivity contribution in [3.8, 4) is 0 Å². The summed E-state index contributed by atoms with van der Waals surface area (Å²) in [5.41, 5.74) is 2.11. The Labute approximate surface area is 180 Å². The normalized spacial score (nSPS) is 21.3. The maximum atomic E-state index is 12.5. The summed E-state index contributed by atoms with van der Waals surface area (Å²) in [4.78, 5) is 39.2. The summed E-state index contributed by atoms with van der Waals surface area (Å²) < 4.78 is 0. The first-order valence-corrected chi connectivity index (χ1v) is 10.8. The van der Waals surface area contributed by atoms with Crippen molar-refractivity contribution in [3.63, 3.8) is 0 Å². The zero-order chi connectivity index (χ0) is 21.4. The number of piperidine rings is 1. The summed E-state index contributed by atoms with van der Waals surface area (Å²) in [6, 6.07) is 5.34. The van der Waals surface area contributed by atoms with Crippen molar-refractivity contribution < 1.29 is 14.7 Å². The summed E-state index contributed by atoms with van der Waals surface area (Å²) in [5, 5.41) is 12.1. The second-order valence-electron chi connectivity index (χ2n) is 8.38. The van der Waals surface area contributed by atoms with Crippen LogP contribution in [-0.2, 0) is 11.3 Å². The fourth-order valence-corrected chi connectivity index (χ4v) is 4.67. The topological polar surface area (TPSA) is 102 Å². The van der Waals surface area contributed by atoms with E-state index < -0.39 is 5.97 Å². The molecule has 2 fully saturated rings. The fraction of sp³-hybridized carbons (Fsp3) is 0.455. The van der Waals surface area contributed by atoms with Crippen LogP contribution in [0.25, 0.3) is 0 Å². The summed E-state index contributed by atoms with van der Waals surface area (Å²) in [5.74, 6) is 0.823. The van der Waals surface area contributed by atoms with Crippen LogP contribution < -0.4 is 15.1 Å². The molecule has 2 saturated heterocycles. The van der Waals surface area contributed by atoms with Gasteiger partial charge in [0.05, 0.1) is 11.3 Å². The van der Waals surface area contributed by atoms with Gasteiger partial charge in [0, 0.05) is 51.7 Å². The SMILES string of the molecule is O=C(O)c1ccc(N2CCN(Cc3cnc4c(c3)NC(=O)C3CCCCN43)CC2)nc1. The molecule has 0 radical (unpaired) electrons. The van der Waals surface area contributed by atoms with Gasteiger partial charge in [-0.3, -0.25) is 9.69 Å². The molecule has 0 bridgehead atoms. The molecule has 9 heteroatoms. The van der Waals surface area contributed by atoms with Gasteiger partial charge >= 0.3 is 5.97 Å². The van der Waals surface area contributed by atoms with Crippen molar-refractivity contribution in [2.24, 2.45) is 0 Å². The van der Waals surface area contributed by atoms with E-state index >= 15 is 0 Å². The van der Waals surface area contributed by atoms with E-state index in [0.29, 0.717) is 0 Å². The number of rotatable bonds is 4. The molecular weight excluding hydrogens is 396 g/mol. The van der Waals surface area contributed by atoms with Crippen LogP contribution in [0.4, 0.5) is 17.3 Å². The number of carboxylic acids is 1. The number of carbonyl (C=O) groups excluding carboxylic acids is 1. The molecule has 162 valence electrons. The molecule has 5 rings (SSSR count). The van der Waals surface area contributed by atoms with Crippen molar-refractivity contribution in [1.82, 2.24) is 14.9 Å². The van der Waals surface area contributed by atoms with Crippen LogP contribution in [0.3, 0.4) is 0 Å². The number of carbonyl (C=O) groups is 2. The number of piperazine rings is 1. The average molecular weight is 422 g/mol. The zero-order valence-corrected chi connectivity index (χ0v) is 17.3. The highest BCUT2D eigenvalue weighted by molar-refractivity contribution is 6.02. The minimum atomic E-state index is -0.963. The fourth-order valence-electron chi connectivity index (χ4n) is 4.67. The number of fused-ring (bicyclic) bond motifs is 3. The van der Waals surface area contributed by atoms with Crippen LogP contribution in [0.15, 0.2) is 30.6 Å². The van der Waals surface area contributed by atoms with Gasteiger partial charge in [0.1, 0.15) is 11.9 Å². The largest absolute Gasteiger partial charge is 0.478 e. The maximum Gasteiger partial charge on any atom is 0.337 e. The third kappa shape index (κ3) is 3.93. The lowest BCUT2D eigenvalue weighted by atomic mass is 9.99. The van der Waals surface area contributed by atoms with Crippen LogP contribution in [0, 0.1) is 0 Å². The molecule has 1 unspecified atom stereocenters. The lowest BCUT2D eigenvalue weighted by Gasteiger charge is -2.40. The average Bonchev–Trinajstić information content (AvgIpc) is 2.80. The van der Waals surface area contributed by atoms with E-state index in [1.54, 1.807) is 12.1 Å². The quantitative estimate of drug-likeness (QED) is 0.769. The highest BCUT2D eigenvalue weighted by Crippen LogP contribution is 2.34. The Kier molecular flexibility index (Phi) is 5.19. The molecule has 0 aromatic carbocycles. The second-order valence-corrected chi connectivity index (χ2v) is 8.38. The molecular formula is C22H26N6O3. The van der Waals surface area contributed by atoms with Crippen LogP contribution in [0.1, 0.15) is 35.2 Å². The number of pyridine rings is 2. The molecule has 5 heterocycles. The molecule has 9 nitrogen and oxygen atoms in total. The molecule has 1 atom stereocenters. The van der Waals surface area contributed by atoms with Crippen LogP contribution in [-0.4, -0.2) is 70.6 Å². The monoisotopic (exact) mass is 422 g/mol. The zero-order valence-electron chi connectivity index (χ0n) is 17.3. The highest BCUT2D eigenvalue weighted by atomic mass is 16.4. The molecule has 31 heavy (non-hydrogen) atoms. The van der Waals surface area contributed by atoms with Gasteiger partial charge in [0.15, 0.2) is 5.82 Å². The standard InChI is InChI=1S/C22H26N6O3/c29-21-18-3-1-2-6-28(18)20-17(25-21)11-15(12-24-20)14-26-7-9-27(10-8-26)19-5-4-16(13-23-19)22(30)31/h4-5,11-13,18H,1-3,6-10,14H2,(H,25,29)(H,30,31). The van der Waals surface area contributed by atoms with E-state index in [4.69, 9.17) is 10.1 Å². The molecule has 2 aromatic heterocycles. The molecule has 3 aliphatic heterocycles. The number of aromatic nitrogens is 2. The number of amides is 1. The van der Waals surface area contributed by atoms with E-state index in [-0.39, 0.29) is 17.5 Å². The first kappa shape index (κ1) is 19.7. The second kappa shape index (κ2) is 8.14. The van der Waals surface area contributed by atoms with Crippen LogP contribution >= 0.6 is 0 Å². The molecule has 2 aromatic rings. The molecule has 2 N–H and O–H groups in total. The van der Waals surface area contributed by atoms with Crippen LogP contribution in [0.2, 0.25) is 0 Å². The lowest BCUT2D eigenvalue weighted by molar-refractivity contribution is -0.118. The van der Waals surface area contributed by atoms with Crippen molar-refractivity contribution >= 4 is 29.2 Å². The third-order valence-corrected chi connectivity index (χ3v) is 6.36. The number of aromatic carboxylic acids is 1. The predicted octanol–water partition coefficient (Wildman–Crippen LogP) is 1.81. The Morgan fingerprint density at radius 2 is 1.94 bits per heavy atom. The minimum absolute atomic E-state index is 0.0779. The number of anilines is 3. The molecule has 0 spiro atoms. The Morgan fingerprint density at radius 1 is 1.10 bits per heavy atom. The summed E-state index contributed by atoms with van der Waals surface area (Å²) in [6.07, 6.45) is 6.43. The Hall–Kier alpha value is -3.20. The third-order valence-electron chi connectivity index (χ3n) is 6.36. The van der Waals surface area contributed by atoms with Gasteiger partial charge in [-0.25, -0.2) is 14.8 Å². The smallest absolute Gasteiger partial charge is 0.337 e.